The van der Waals surface area contributed by atoms with Crippen molar-refractivity contribution < 1.29 is 13.2 Å². The number of sulfonamides is 1. The molecular formula is C19H29N3O3S. The molecule has 0 unspecified atom stereocenters. The van der Waals surface area contributed by atoms with Crippen LogP contribution in [0.15, 0.2) is 23.1 Å². The van der Waals surface area contributed by atoms with Gasteiger partial charge in [0.05, 0.1) is 4.90 Å². The Kier molecular flexibility index (Phi) is 5.69. The number of nitrogens with one attached hydrogen (secondary N) is 1. The van der Waals surface area contributed by atoms with E-state index < -0.39 is 10.0 Å². The van der Waals surface area contributed by atoms with Crippen molar-refractivity contribution in [2.45, 2.75) is 62.9 Å². The van der Waals surface area contributed by atoms with Crippen LogP contribution in [-0.2, 0) is 21.2 Å². The Balaban J connectivity index is 1.75. The fourth-order valence-corrected chi connectivity index (χ4v) is 5.29. The molecule has 3 rings (SSSR count). The van der Waals surface area contributed by atoms with Crippen LogP contribution in [0.4, 0.5) is 5.69 Å². The topological polar surface area (TPSA) is 69.7 Å². The normalized spacial score (nSPS) is 20.1. The maximum atomic E-state index is 13.1. The van der Waals surface area contributed by atoms with Gasteiger partial charge in [-0.3, -0.25) is 4.79 Å². The zero-order chi connectivity index (χ0) is 18.9. The SMILES string of the molecule is CC(C)N(C)C1CCN(S(=O)(=O)c2ccc3c(c2)CCCC(=O)N3)CC1. The lowest BCUT2D eigenvalue weighted by Crippen LogP contribution is -2.47. The summed E-state index contributed by atoms with van der Waals surface area (Å²) in [6.07, 6.45) is 3.66. The van der Waals surface area contributed by atoms with Crippen molar-refractivity contribution in [1.29, 1.82) is 0 Å². The van der Waals surface area contributed by atoms with E-state index in [2.05, 4.69) is 31.1 Å². The summed E-state index contributed by atoms with van der Waals surface area (Å²) in [5.41, 5.74) is 1.65. The average Bonchev–Trinajstić information content (AvgIpc) is 2.80. The van der Waals surface area contributed by atoms with Crippen molar-refractivity contribution in [2.24, 2.45) is 0 Å². The summed E-state index contributed by atoms with van der Waals surface area (Å²) in [5.74, 6) is -0.00398. The van der Waals surface area contributed by atoms with Crippen molar-refractivity contribution in [3.8, 4) is 0 Å². The largest absolute Gasteiger partial charge is 0.326 e. The highest BCUT2D eigenvalue weighted by Crippen LogP contribution is 2.28. The van der Waals surface area contributed by atoms with Gasteiger partial charge in [0.2, 0.25) is 15.9 Å². The Bertz CT molecular complexity index is 768. The second kappa shape index (κ2) is 7.66. The van der Waals surface area contributed by atoms with E-state index in [1.165, 1.54) is 0 Å². The Morgan fingerprint density at radius 2 is 1.88 bits per heavy atom. The Morgan fingerprint density at radius 3 is 2.54 bits per heavy atom. The first-order valence-electron chi connectivity index (χ1n) is 9.44. The molecule has 0 bridgehead atoms. The number of piperidine rings is 1. The molecule has 1 saturated heterocycles. The molecule has 0 aliphatic carbocycles. The van der Waals surface area contributed by atoms with Crippen molar-refractivity contribution in [2.75, 3.05) is 25.5 Å². The number of nitrogens with zero attached hydrogens (tertiary/aromatic N) is 2. The fraction of sp³-hybridized carbons (Fsp3) is 0.632. The van der Waals surface area contributed by atoms with E-state index in [1.807, 2.05) is 0 Å². The minimum Gasteiger partial charge on any atom is -0.326 e. The second-order valence-electron chi connectivity index (χ2n) is 7.62. The van der Waals surface area contributed by atoms with Crippen LogP contribution in [0.2, 0.25) is 0 Å². The van der Waals surface area contributed by atoms with Gasteiger partial charge >= 0.3 is 0 Å². The van der Waals surface area contributed by atoms with E-state index in [9.17, 15) is 13.2 Å². The fourth-order valence-electron chi connectivity index (χ4n) is 3.77. The number of rotatable bonds is 4. The average molecular weight is 380 g/mol. The molecule has 2 aliphatic rings. The van der Waals surface area contributed by atoms with E-state index in [0.717, 1.165) is 36.9 Å². The number of amides is 1. The monoisotopic (exact) mass is 379 g/mol. The van der Waals surface area contributed by atoms with E-state index in [-0.39, 0.29) is 5.91 Å². The molecule has 7 heteroatoms. The Labute approximate surface area is 156 Å². The van der Waals surface area contributed by atoms with Crippen LogP contribution >= 0.6 is 0 Å². The molecule has 26 heavy (non-hydrogen) atoms. The van der Waals surface area contributed by atoms with Gasteiger partial charge in [-0.15, -0.1) is 0 Å². The lowest BCUT2D eigenvalue weighted by atomic mass is 10.0. The van der Waals surface area contributed by atoms with Gasteiger partial charge in [-0.25, -0.2) is 8.42 Å². The van der Waals surface area contributed by atoms with Crippen LogP contribution in [0, 0.1) is 0 Å². The number of fused-ring (bicyclic) bond motifs is 1. The summed E-state index contributed by atoms with van der Waals surface area (Å²) in [6.45, 7) is 5.44. The second-order valence-corrected chi connectivity index (χ2v) is 9.55. The molecular weight excluding hydrogens is 350 g/mol. The minimum absolute atomic E-state index is 0.00398. The third kappa shape index (κ3) is 3.94. The van der Waals surface area contributed by atoms with Gasteiger partial charge in [0.25, 0.3) is 0 Å². The molecule has 1 amide bonds. The molecule has 0 radical (unpaired) electrons. The zero-order valence-corrected chi connectivity index (χ0v) is 16.7. The highest BCUT2D eigenvalue weighted by atomic mass is 32.2. The Hall–Kier alpha value is -1.44. The van der Waals surface area contributed by atoms with Crippen molar-refractivity contribution in [1.82, 2.24) is 9.21 Å². The van der Waals surface area contributed by atoms with E-state index in [4.69, 9.17) is 0 Å². The summed E-state index contributed by atoms with van der Waals surface area (Å²) in [7, 11) is -1.38. The van der Waals surface area contributed by atoms with Gasteiger partial charge in [0.1, 0.15) is 0 Å². The molecule has 1 aromatic rings. The highest BCUT2D eigenvalue weighted by Gasteiger charge is 2.31. The van der Waals surface area contributed by atoms with Crippen molar-refractivity contribution in [3.63, 3.8) is 0 Å². The minimum atomic E-state index is -3.49. The molecule has 6 nitrogen and oxygen atoms in total. The first kappa shape index (κ1) is 19.3. The molecule has 2 heterocycles. The number of anilines is 1. The van der Waals surface area contributed by atoms with Crippen LogP contribution in [0.3, 0.4) is 0 Å². The quantitative estimate of drug-likeness (QED) is 0.872. The smallest absolute Gasteiger partial charge is 0.243 e. The number of hydrogen-bond acceptors (Lipinski definition) is 4. The summed E-state index contributed by atoms with van der Waals surface area (Å²) in [5, 5.41) is 2.86. The first-order valence-corrected chi connectivity index (χ1v) is 10.9. The Morgan fingerprint density at radius 1 is 1.19 bits per heavy atom. The van der Waals surface area contributed by atoms with E-state index in [0.29, 0.717) is 36.5 Å². The van der Waals surface area contributed by atoms with E-state index >= 15 is 0 Å². The standard InChI is InChI=1S/C19H29N3O3S/c1-14(2)21(3)16-9-11-22(12-10-16)26(24,25)17-7-8-18-15(13-17)5-4-6-19(23)20-18/h7-8,13-14,16H,4-6,9-12H2,1-3H3,(H,20,23). The maximum Gasteiger partial charge on any atom is 0.243 e. The molecule has 0 spiro atoms. The van der Waals surface area contributed by atoms with Crippen molar-refractivity contribution in [3.05, 3.63) is 23.8 Å². The summed E-state index contributed by atoms with van der Waals surface area (Å²) >= 11 is 0. The molecule has 144 valence electrons. The van der Waals surface area contributed by atoms with Crippen LogP contribution in [0.5, 0.6) is 0 Å². The zero-order valence-electron chi connectivity index (χ0n) is 15.9. The maximum absolute atomic E-state index is 13.1. The molecule has 1 N–H and O–H groups in total. The predicted octanol–water partition coefficient (Wildman–Crippen LogP) is 2.45. The number of benzene rings is 1. The van der Waals surface area contributed by atoms with Gasteiger partial charge < -0.3 is 10.2 Å². The molecule has 1 fully saturated rings. The van der Waals surface area contributed by atoms with Gasteiger partial charge in [-0.2, -0.15) is 4.31 Å². The van der Waals surface area contributed by atoms with Crippen LogP contribution < -0.4 is 5.32 Å². The first-order chi connectivity index (χ1) is 12.3. The summed E-state index contributed by atoms with van der Waals surface area (Å²) in [6, 6.07) is 5.98. The number of carbonyl (C=O) groups is 1. The van der Waals surface area contributed by atoms with Crippen LogP contribution in [0.25, 0.3) is 0 Å². The highest BCUT2D eigenvalue weighted by molar-refractivity contribution is 7.89. The van der Waals surface area contributed by atoms with Crippen LogP contribution in [0.1, 0.15) is 45.1 Å². The molecule has 0 aromatic heterocycles. The predicted molar refractivity (Wildman–Crippen MR) is 103 cm³/mol. The van der Waals surface area contributed by atoms with Crippen LogP contribution in [-0.4, -0.2) is 55.8 Å². The molecule has 0 atom stereocenters. The number of carbonyl (C=O) groups excluding carboxylic acids is 1. The van der Waals surface area contributed by atoms with Gasteiger partial charge in [0, 0.05) is 37.3 Å². The van der Waals surface area contributed by atoms with Gasteiger partial charge in [0.15, 0.2) is 0 Å². The van der Waals surface area contributed by atoms with Gasteiger partial charge in [-0.1, -0.05) is 0 Å². The summed E-state index contributed by atoms with van der Waals surface area (Å²) < 4.78 is 27.7. The lowest BCUT2D eigenvalue weighted by Gasteiger charge is -2.38. The summed E-state index contributed by atoms with van der Waals surface area (Å²) in [4.78, 5) is 14.3. The number of aryl methyl sites for hydroxylation is 1. The molecule has 0 saturated carbocycles. The van der Waals surface area contributed by atoms with Gasteiger partial charge in [-0.05, 0) is 70.3 Å². The lowest BCUT2D eigenvalue weighted by molar-refractivity contribution is -0.116. The third-order valence-corrected chi connectivity index (χ3v) is 7.55. The van der Waals surface area contributed by atoms with E-state index in [1.54, 1.807) is 22.5 Å². The molecule has 2 aliphatic heterocycles. The van der Waals surface area contributed by atoms with Crippen molar-refractivity contribution >= 4 is 21.6 Å². The third-order valence-electron chi connectivity index (χ3n) is 5.65. The molecule has 1 aromatic carbocycles. The number of hydrogen-bond donors (Lipinski definition) is 1.